The van der Waals surface area contributed by atoms with E-state index in [9.17, 15) is 9.59 Å². The molecule has 0 saturated carbocycles. The van der Waals surface area contributed by atoms with Crippen molar-refractivity contribution in [1.29, 1.82) is 0 Å². The monoisotopic (exact) mass is 269 g/mol. The minimum Gasteiger partial charge on any atom is -0.480 e. The number of carbonyl (C=O) groups is 2. The fraction of sp³-hybridized carbons (Fsp3) is 0.125. The van der Waals surface area contributed by atoms with Crippen LogP contribution in [-0.4, -0.2) is 22.9 Å². The molecular formula is C16H15NO3. The van der Waals surface area contributed by atoms with Gasteiger partial charge >= 0.3 is 5.97 Å². The molecule has 4 heteroatoms. The van der Waals surface area contributed by atoms with E-state index in [1.807, 2.05) is 18.2 Å². The Labute approximate surface area is 116 Å². The van der Waals surface area contributed by atoms with Gasteiger partial charge in [0.15, 0.2) is 5.78 Å². The maximum Gasteiger partial charge on any atom is 0.320 e. The van der Waals surface area contributed by atoms with E-state index in [1.54, 1.807) is 36.4 Å². The predicted molar refractivity (Wildman–Crippen MR) is 75.6 cm³/mol. The zero-order chi connectivity index (χ0) is 14.5. The Morgan fingerprint density at radius 1 is 0.950 bits per heavy atom. The number of rotatable bonds is 5. The highest BCUT2D eigenvalue weighted by molar-refractivity contribution is 6.08. The molecule has 3 N–H and O–H groups in total. The lowest BCUT2D eigenvalue weighted by molar-refractivity contribution is -0.138. The molecule has 0 fully saturated rings. The van der Waals surface area contributed by atoms with Crippen molar-refractivity contribution in [3.8, 4) is 0 Å². The summed E-state index contributed by atoms with van der Waals surface area (Å²) in [6.45, 7) is 0. The summed E-state index contributed by atoms with van der Waals surface area (Å²) < 4.78 is 0. The molecule has 1 unspecified atom stereocenters. The van der Waals surface area contributed by atoms with Crippen LogP contribution in [0, 0.1) is 0 Å². The SMILES string of the molecule is NC(Cc1ccc(C(=O)c2ccccc2)cc1)C(=O)O. The van der Waals surface area contributed by atoms with Gasteiger partial charge in [-0.15, -0.1) is 0 Å². The molecule has 0 aliphatic rings. The minimum absolute atomic E-state index is 0.0558. The summed E-state index contributed by atoms with van der Waals surface area (Å²) >= 11 is 0. The van der Waals surface area contributed by atoms with Crippen molar-refractivity contribution >= 4 is 11.8 Å². The first kappa shape index (κ1) is 14.0. The van der Waals surface area contributed by atoms with Gasteiger partial charge in [-0.25, -0.2) is 0 Å². The number of carbonyl (C=O) groups excluding carboxylic acids is 1. The Morgan fingerprint density at radius 3 is 2.05 bits per heavy atom. The quantitative estimate of drug-likeness (QED) is 0.812. The van der Waals surface area contributed by atoms with Crippen LogP contribution < -0.4 is 5.73 Å². The van der Waals surface area contributed by atoms with E-state index in [4.69, 9.17) is 10.8 Å². The van der Waals surface area contributed by atoms with Gasteiger partial charge < -0.3 is 10.8 Å². The minimum atomic E-state index is -1.03. The van der Waals surface area contributed by atoms with Crippen molar-refractivity contribution in [2.45, 2.75) is 12.5 Å². The third-order valence-electron chi connectivity index (χ3n) is 3.02. The Kier molecular flexibility index (Phi) is 4.27. The second-order valence-electron chi connectivity index (χ2n) is 4.54. The zero-order valence-corrected chi connectivity index (χ0v) is 10.8. The van der Waals surface area contributed by atoms with Crippen LogP contribution in [-0.2, 0) is 11.2 Å². The number of carboxylic acid groups (broad SMARTS) is 1. The van der Waals surface area contributed by atoms with Gasteiger partial charge in [0.05, 0.1) is 0 Å². The Hall–Kier alpha value is -2.46. The average Bonchev–Trinajstić information content (AvgIpc) is 2.48. The van der Waals surface area contributed by atoms with Gasteiger partial charge in [-0.3, -0.25) is 9.59 Å². The third-order valence-corrected chi connectivity index (χ3v) is 3.02. The Morgan fingerprint density at radius 2 is 1.50 bits per heavy atom. The third kappa shape index (κ3) is 3.30. The second kappa shape index (κ2) is 6.12. The first-order valence-electron chi connectivity index (χ1n) is 6.25. The number of aliphatic carboxylic acids is 1. The van der Waals surface area contributed by atoms with E-state index in [2.05, 4.69) is 0 Å². The van der Waals surface area contributed by atoms with E-state index in [1.165, 1.54) is 0 Å². The van der Waals surface area contributed by atoms with Crippen LogP contribution in [0.3, 0.4) is 0 Å². The lowest BCUT2D eigenvalue weighted by Gasteiger charge is -2.07. The highest BCUT2D eigenvalue weighted by atomic mass is 16.4. The molecule has 0 saturated heterocycles. The summed E-state index contributed by atoms with van der Waals surface area (Å²) in [5.74, 6) is -1.09. The molecule has 0 heterocycles. The van der Waals surface area contributed by atoms with Crippen LogP contribution in [0.5, 0.6) is 0 Å². The van der Waals surface area contributed by atoms with Gasteiger partial charge in [-0.2, -0.15) is 0 Å². The van der Waals surface area contributed by atoms with Crippen LogP contribution >= 0.6 is 0 Å². The number of hydrogen-bond donors (Lipinski definition) is 2. The molecule has 0 amide bonds. The van der Waals surface area contributed by atoms with E-state index in [-0.39, 0.29) is 12.2 Å². The molecule has 0 aliphatic carbocycles. The number of carboxylic acids is 1. The van der Waals surface area contributed by atoms with Crippen molar-refractivity contribution < 1.29 is 14.7 Å². The average molecular weight is 269 g/mol. The van der Waals surface area contributed by atoms with Crippen LogP contribution in [0.15, 0.2) is 54.6 Å². The van der Waals surface area contributed by atoms with Gasteiger partial charge in [0.2, 0.25) is 0 Å². The van der Waals surface area contributed by atoms with E-state index in [0.717, 1.165) is 5.56 Å². The van der Waals surface area contributed by atoms with Crippen LogP contribution in [0.4, 0.5) is 0 Å². The molecule has 2 aromatic rings. The molecule has 2 rings (SSSR count). The standard InChI is InChI=1S/C16H15NO3/c17-14(16(19)20)10-11-6-8-13(9-7-11)15(18)12-4-2-1-3-5-12/h1-9,14H,10,17H2,(H,19,20). The zero-order valence-electron chi connectivity index (χ0n) is 10.8. The highest BCUT2D eigenvalue weighted by Crippen LogP contribution is 2.12. The Balaban J connectivity index is 2.12. The highest BCUT2D eigenvalue weighted by Gasteiger charge is 2.13. The van der Waals surface area contributed by atoms with Gasteiger partial charge in [-0.05, 0) is 12.0 Å². The van der Waals surface area contributed by atoms with Crippen molar-refractivity contribution in [1.82, 2.24) is 0 Å². The molecule has 0 spiro atoms. The van der Waals surface area contributed by atoms with Gasteiger partial charge in [0, 0.05) is 11.1 Å². The lowest BCUT2D eigenvalue weighted by Crippen LogP contribution is -2.32. The van der Waals surface area contributed by atoms with Gasteiger partial charge in [0.25, 0.3) is 0 Å². The number of hydrogen-bond acceptors (Lipinski definition) is 3. The van der Waals surface area contributed by atoms with E-state index < -0.39 is 12.0 Å². The predicted octanol–water partition coefficient (Wildman–Crippen LogP) is 1.87. The largest absolute Gasteiger partial charge is 0.480 e. The van der Waals surface area contributed by atoms with Crippen LogP contribution in [0.25, 0.3) is 0 Å². The van der Waals surface area contributed by atoms with Crippen molar-refractivity contribution in [3.63, 3.8) is 0 Å². The summed E-state index contributed by atoms with van der Waals surface area (Å²) in [5, 5.41) is 8.76. The number of benzene rings is 2. The molecule has 1 atom stereocenters. The number of nitrogens with two attached hydrogens (primary N) is 1. The first-order chi connectivity index (χ1) is 9.58. The molecule has 0 bridgehead atoms. The maximum absolute atomic E-state index is 12.2. The van der Waals surface area contributed by atoms with Crippen molar-refractivity contribution in [2.24, 2.45) is 5.73 Å². The summed E-state index contributed by atoms with van der Waals surface area (Å²) in [4.78, 5) is 22.9. The molecule has 2 aromatic carbocycles. The van der Waals surface area contributed by atoms with E-state index in [0.29, 0.717) is 11.1 Å². The summed E-state index contributed by atoms with van der Waals surface area (Å²) in [7, 11) is 0. The smallest absolute Gasteiger partial charge is 0.320 e. The molecule has 4 nitrogen and oxygen atoms in total. The Bertz CT molecular complexity index is 605. The summed E-state index contributed by atoms with van der Waals surface area (Å²) in [5.41, 5.74) is 7.47. The fourth-order valence-electron chi connectivity index (χ4n) is 1.89. The van der Waals surface area contributed by atoms with Gasteiger partial charge in [0.1, 0.15) is 6.04 Å². The molecule has 20 heavy (non-hydrogen) atoms. The first-order valence-corrected chi connectivity index (χ1v) is 6.25. The normalized spacial score (nSPS) is 11.8. The maximum atomic E-state index is 12.2. The van der Waals surface area contributed by atoms with Crippen LogP contribution in [0.2, 0.25) is 0 Å². The summed E-state index contributed by atoms with van der Waals surface area (Å²) in [6.07, 6.45) is 0.245. The second-order valence-corrected chi connectivity index (χ2v) is 4.54. The molecule has 0 aliphatic heterocycles. The molecular weight excluding hydrogens is 254 g/mol. The molecule has 102 valence electrons. The lowest BCUT2D eigenvalue weighted by atomic mass is 10.00. The van der Waals surface area contributed by atoms with Gasteiger partial charge in [-0.1, -0.05) is 54.6 Å². The van der Waals surface area contributed by atoms with Crippen molar-refractivity contribution in [2.75, 3.05) is 0 Å². The number of ketones is 1. The molecule has 0 radical (unpaired) electrons. The van der Waals surface area contributed by atoms with E-state index >= 15 is 0 Å². The fourth-order valence-corrected chi connectivity index (χ4v) is 1.89. The molecule has 0 aromatic heterocycles. The van der Waals surface area contributed by atoms with Crippen molar-refractivity contribution in [3.05, 3.63) is 71.3 Å². The summed E-state index contributed by atoms with van der Waals surface area (Å²) in [6, 6.07) is 14.9. The topological polar surface area (TPSA) is 80.4 Å². The van der Waals surface area contributed by atoms with Crippen LogP contribution in [0.1, 0.15) is 21.5 Å².